The lowest BCUT2D eigenvalue weighted by atomic mass is 9.91. The molecule has 0 aliphatic heterocycles. The first-order valence-corrected chi connectivity index (χ1v) is 13.4. The van der Waals surface area contributed by atoms with E-state index in [2.05, 4.69) is 136 Å². The summed E-state index contributed by atoms with van der Waals surface area (Å²) in [6.45, 7) is 8.71. The molecule has 7 aromatic rings. The lowest BCUT2D eigenvalue weighted by Gasteiger charge is -2.12. The van der Waals surface area contributed by atoms with Gasteiger partial charge in [-0.15, -0.1) is 0 Å². The maximum absolute atomic E-state index is 2.46. The van der Waals surface area contributed by atoms with E-state index in [1.165, 1.54) is 87.9 Å². The van der Waals surface area contributed by atoms with Crippen LogP contribution in [0.5, 0.6) is 0 Å². The van der Waals surface area contributed by atoms with E-state index in [1.54, 1.807) is 0 Å². The zero-order valence-corrected chi connectivity index (χ0v) is 22.7. The summed E-state index contributed by atoms with van der Waals surface area (Å²) in [6, 6.07) is 36.5. The van der Waals surface area contributed by atoms with Gasteiger partial charge in [-0.1, -0.05) is 107 Å². The molecule has 1 aromatic heterocycles. The molecule has 0 saturated heterocycles. The number of hydrogen-bond donors (Lipinski definition) is 0. The average molecular weight is 490 g/mol. The van der Waals surface area contributed by atoms with E-state index < -0.39 is 0 Å². The van der Waals surface area contributed by atoms with Crippen molar-refractivity contribution in [2.24, 2.45) is 7.05 Å². The van der Waals surface area contributed by atoms with Gasteiger partial charge in [-0.25, -0.2) is 0 Å². The van der Waals surface area contributed by atoms with Crippen molar-refractivity contribution in [1.29, 1.82) is 0 Å². The van der Waals surface area contributed by atoms with Crippen LogP contribution in [0.4, 0.5) is 0 Å². The Morgan fingerprint density at radius 3 is 1.18 bits per heavy atom. The highest BCUT2D eigenvalue weighted by Gasteiger charge is 2.22. The molecule has 7 rings (SSSR count). The van der Waals surface area contributed by atoms with Crippen molar-refractivity contribution in [3.8, 4) is 22.3 Å². The van der Waals surface area contributed by atoms with Crippen molar-refractivity contribution in [2.75, 3.05) is 0 Å². The van der Waals surface area contributed by atoms with Gasteiger partial charge in [0.2, 0.25) is 0 Å². The minimum absolute atomic E-state index is 1.26. The second-order valence-electron chi connectivity index (χ2n) is 11.0. The van der Waals surface area contributed by atoms with Crippen molar-refractivity contribution in [3.63, 3.8) is 0 Å². The van der Waals surface area contributed by atoms with E-state index in [0.29, 0.717) is 0 Å². The fraction of sp³-hybridized carbons (Fsp3) is 0.135. The Kier molecular flexibility index (Phi) is 5.00. The number of hydrogen-bond acceptors (Lipinski definition) is 0. The van der Waals surface area contributed by atoms with Crippen molar-refractivity contribution in [2.45, 2.75) is 27.7 Å². The third-order valence-electron chi connectivity index (χ3n) is 8.19. The fourth-order valence-corrected chi connectivity index (χ4v) is 6.22. The minimum Gasteiger partial charge on any atom is -0.343 e. The van der Waals surface area contributed by atoms with E-state index in [9.17, 15) is 0 Å². The third kappa shape index (κ3) is 3.39. The highest BCUT2D eigenvalue weighted by molar-refractivity contribution is 6.32. The second-order valence-corrected chi connectivity index (χ2v) is 11.0. The zero-order valence-electron chi connectivity index (χ0n) is 22.7. The van der Waals surface area contributed by atoms with E-state index >= 15 is 0 Å². The van der Waals surface area contributed by atoms with Crippen LogP contribution in [-0.2, 0) is 7.05 Å². The lowest BCUT2D eigenvalue weighted by molar-refractivity contribution is 1.02. The first kappa shape index (κ1) is 22.8. The number of benzene rings is 6. The Morgan fingerprint density at radius 2 is 0.789 bits per heavy atom. The quantitative estimate of drug-likeness (QED) is 0.228. The van der Waals surface area contributed by atoms with E-state index in [-0.39, 0.29) is 0 Å². The number of nitrogens with zero attached hydrogens (tertiary/aromatic N) is 1. The molecule has 1 heterocycles. The predicted octanol–water partition coefficient (Wildman–Crippen LogP) is 10.2. The highest BCUT2D eigenvalue weighted by Crippen LogP contribution is 2.46. The van der Waals surface area contributed by atoms with Crippen LogP contribution in [-0.4, -0.2) is 4.57 Å². The molecule has 0 aliphatic rings. The predicted molar refractivity (Wildman–Crippen MR) is 165 cm³/mol. The fourth-order valence-electron chi connectivity index (χ4n) is 6.22. The average Bonchev–Trinajstić information content (AvgIpc) is 3.23. The summed E-state index contributed by atoms with van der Waals surface area (Å²) < 4.78 is 2.46. The Hall–Kier alpha value is -4.36. The molecule has 38 heavy (non-hydrogen) atoms. The summed E-state index contributed by atoms with van der Waals surface area (Å²) in [7, 11) is 2.25. The van der Waals surface area contributed by atoms with Gasteiger partial charge in [0.15, 0.2) is 0 Å². The molecule has 0 spiro atoms. The van der Waals surface area contributed by atoms with E-state index in [4.69, 9.17) is 0 Å². The standard InChI is InChI=1S/C37H31N/c1-22-6-12-26(13-7-22)32-20-28-16-10-24(3)18-30(28)34-35-31-19-25(4)11-17-29(31)21-33(37(35)38(5)36(32)34)27-14-8-23(2)9-15-27/h6-21H,1-5H3. The van der Waals surface area contributed by atoms with Crippen molar-refractivity contribution >= 4 is 43.4 Å². The highest BCUT2D eigenvalue weighted by atomic mass is 14.9. The molecule has 0 atom stereocenters. The van der Waals surface area contributed by atoms with Gasteiger partial charge in [0, 0.05) is 28.9 Å². The summed E-state index contributed by atoms with van der Waals surface area (Å²) in [5.41, 5.74) is 12.8. The summed E-state index contributed by atoms with van der Waals surface area (Å²) >= 11 is 0. The number of aryl methyl sites for hydroxylation is 5. The molecule has 0 saturated carbocycles. The largest absolute Gasteiger partial charge is 0.343 e. The third-order valence-corrected chi connectivity index (χ3v) is 8.19. The molecule has 0 amide bonds. The Bertz CT molecular complexity index is 1890. The summed E-state index contributed by atoms with van der Waals surface area (Å²) in [5.74, 6) is 0. The minimum atomic E-state index is 1.26. The molecule has 184 valence electrons. The van der Waals surface area contributed by atoms with E-state index in [1.807, 2.05) is 0 Å². The topological polar surface area (TPSA) is 4.93 Å². The lowest BCUT2D eigenvalue weighted by Crippen LogP contribution is -1.93. The Labute approximate surface area is 224 Å². The van der Waals surface area contributed by atoms with Crippen LogP contribution in [0.15, 0.2) is 97.1 Å². The molecular formula is C37H31N. The molecule has 0 fully saturated rings. The SMILES string of the molecule is Cc1ccc(-c2cc3ccc(C)cc3c3c4c5cc(C)ccc5cc(-c5ccc(C)cc5)c4n(C)c23)cc1. The molecule has 6 aromatic carbocycles. The molecule has 0 N–H and O–H groups in total. The summed E-state index contributed by atoms with van der Waals surface area (Å²) in [6.07, 6.45) is 0. The number of aromatic nitrogens is 1. The molecule has 0 bridgehead atoms. The second kappa shape index (κ2) is 8.33. The molecule has 0 radical (unpaired) electrons. The van der Waals surface area contributed by atoms with Gasteiger partial charge < -0.3 is 4.57 Å². The molecule has 1 heteroatoms. The van der Waals surface area contributed by atoms with Gasteiger partial charge in [0.05, 0.1) is 11.0 Å². The van der Waals surface area contributed by atoms with Crippen LogP contribution >= 0.6 is 0 Å². The molecule has 1 nitrogen and oxygen atoms in total. The number of rotatable bonds is 2. The molecule has 0 unspecified atom stereocenters. The molecular weight excluding hydrogens is 458 g/mol. The summed E-state index contributed by atoms with van der Waals surface area (Å²) in [4.78, 5) is 0. The van der Waals surface area contributed by atoms with E-state index in [0.717, 1.165) is 0 Å². The van der Waals surface area contributed by atoms with Gasteiger partial charge in [0.25, 0.3) is 0 Å². The maximum Gasteiger partial charge on any atom is 0.0575 e. The zero-order chi connectivity index (χ0) is 26.1. The van der Waals surface area contributed by atoms with Crippen LogP contribution in [0.25, 0.3) is 65.6 Å². The van der Waals surface area contributed by atoms with Crippen LogP contribution in [0.3, 0.4) is 0 Å². The van der Waals surface area contributed by atoms with Crippen LogP contribution in [0.2, 0.25) is 0 Å². The van der Waals surface area contributed by atoms with Gasteiger partial charge in [-0.2, -0.15) is 0 Å². The van der Waals surface area contributed by atoms with Crippen LogP contribution < -0.4 is 0 Å². The summed E-state index contributed by atoms with van der Waals surface area (Å²) in [5, 5.41) is 7.92. The maximum atomic E-state index is 2.46. The van der Waals surface area contributed by atoms with Gasteiger partial charge in [-0.3, -0.25) is 0 Å². The van der Waals surface area contributed by atoms with Crippen LogP contribution in [0, 0.1) is 27.7 Å². The van der Waals surface area contributed by atoms with Crippen molar-refractivity contribution < 1.29 is 0 Å². The Morgan fingerprint density at radius 1 is 0.421 bits per heavy atom. The molecule has 0 aliphatic carbocycles. The van der Waals surface area contributed by atoms with Crippen LogP contribution in [0.1, 0.15) is 22.3 Å². The van der Waals surface area contributed by atoms with Crippen molar-refractivity contribution in [3.05, 3.63) is 119 Å². The van der Waals surface area contributed by atoms with Gasteiger partial charge >= 0.3 is 0 Å². The van der Waals surface area contributed by atoms with Gasteiger partial charge in [-0.05, 0) is 72.5 Å². The first-order chi connectivity index (χ1) is 18.4. The first-order valence-electron chi connectivity index (χ1n) is 13.4. The monoisotopic (exact) mass is 489 g/mol. The number of fused-ring (bicyclic) bond motifs is 7. The smallest absolute Gasteiger partial charge is 0.0575 e. The van der Waals surface area contributed by atoms with Crippen molar-refractivity contribution in [1.82, 2.24) is 4.57 Å². The van der Waals surface area contributed by atoms with Gasteiger partial charge in [0.1, 0.15) is 0 Å². The Balaban J connectivity index is 1.78. The normalized spacial score (nSPS) is 11.8.